The highest BCUT2D eigenvalue weighted by atomic mass is 16.5. The van der Waals surface area contributed by atoms with Crippen LogP contribution in [0.15, 0.2) is 36.1 Å². The summed E-state index contributed by atoms with van der Waals surface area (Å²) in [6.07, 6.45) is 1.58. The molecule has 1 aliphatic rings. The number of Topliss-reactive ketones (excluding diaryl/α,β-unsaturated/α-hetero) is 1. The van der Waals surface area contributed by atoms with Gasteiger partial charge in [0, 0.05) is 13.0 Å². The third-order valence-corrected chi connectivity index (χ3v) is 3.89. The van der Waals surface area contributed by atoms with Gasteiger partial charge in [0.2, 0.25) is 11.5 Å². The lowest BCUT2D eigenvalue weighted by Crippen LogP contribution is -2.01. The van der Waals surface area contributed by atoms with E-state index in [0.717, 1.165) is 0 Å². The van der Waals surface area contributed by atoms with Gasteiger partial charge in [-0.3, -0.25) is 9.59 Å². The molecule has 27 heavy (non-hydrogen) atoms. The van der Waals surface area contributed by atoms with Crippen LogP contribution in [0.25, 0.3) is 6.08 Å². The van der Waals surface area contributed by atoms with Gasteiger partial charge in [0.1, 0.15) is 11.5 Å². The molecule has 7 nitrogen and oxygen atoms in total. The number of esters is 1. The number of benzene rings is 2. The van der Waals surface area contributed by atoms with Crippen LogP contribution in [0.5, 0.6) is 28.7 Å². The van der Waals surface area contributed by atoms with E-state index in [2.05, 4.69) is 0 Å². The maximum atomic E-state index is 12.6. The van der Waals surface area contributed by atoms with Gasteiger partial charge in [-0.25, -0.2) is 0 Å². The first-order valence-corrected chi connectivity index (χ1v) is 8.03. The third-order valence-electron chi connectivity index (χ3n) is 3.89. The Labute approximate surface area is 156 Å². The van der Waals surface area contributed by atoms with Crippen LogP contribution >= 0.6 is 0 Å². The van der Waals surface area contributed by atoms with Gasteiger partial charge in [-0.15, -0.1) is 0 Å². The van der Waals surface area contributed by atoms with E-state index in [0.29, 0.717) is 39.9 Å². The third kappa shape index (κ3) is 3.57. The van der Waals surface area contributed by atoms with Crippen molar-refractivity contribution in [2.24, 2.45) is 0 Å². The first kappa shape index (κ1) is 18.3. The quantitative estimate of drug-likeness (QED) is 0.454. The van der Waals surface area contributed by atoms with Gasteiger partial charge in [-0.1, -0.05) is 0 Å². The Morgan fingerprint density at radius 2 is 1.67 bits per heavy atom. The summed E-state index contributed by atoms with van der Waals surface area (Å²) >= 11 is 0. The van der Waals surface area contributed by atoms with Crippen LogP contribution in [0.3, 0.4) is 0 Å². The second-order valence-electron chi connectivity index (χ2n) is 5.65. The van der Waals surface area contributed by atoms with Crippen LogP contribution in [0.2, 0.25) is 0 Å². The van der Waals surface area contributed by atoms with Crippen molar-refractivity contribution in [3.63, 3.8) is 0 Å². The Bertz CT molecular complexity index is 918. The van der Waals surface area contributed by atoms with Crippen molar-refractivity contribution >= 4 is 17.8 Å². The van der Waals surface area contributed by atoms with Crippen LogP contribution in [-0.2, 0) is 4.79 Å². The second kappa shape index (κ2) is 7.41. The summed E-state index contributed by atoms with van der Waals surface area (Å²) < 4.78 is 26.6. The lowest BCUT2D eigenvalue weighted by atomic mass is 10.1. The molecule has 1 aliphatic heterocycles. The van der Waals surface area contributed by atoms with E-state index in [1.54, 1.807) is 30.3 Å². The largest absolute Gasteiger partial charge is 0.493 e. The Balaban J connectivity index is 1.96. The van der Waals surface area contributed by atoms with Crippen LogP contribution in [0, 0.1) is 0 Å². The maximum absolute atomic E-state index is 12.6. The molecule has 0 saturated carbocycles. The topological polar surface area (TPSA) is 80.3 Å². The fourth-order valence-electron chi connectivity index (χ4n) is 2.73. The Morgan fingerprint density at radius 1 is 1.00 bits per heavy atom. The van der Waals surface area contributed by atoms with E-state index < -0.39 is 5.97 Å². The SMILES string of the molecule is COc1cc(C=C2Oc3cc(OC(C)=O)ccc3C2=O)cc(OC)c1OC. The fourth-order valence-corrected chi connectivity index (χ4v) is 2.73. The lowest BCUT2D eigenvalue weighted by Gasteiger charge is -2.13. The van der Waals surface area contributed by atoms with Crippen molar-refractivity contribution in [3.8, 4) is 28.7 Å². The van der Waals surface area contributed by atoms with Crippen molar-refractivity contribution in [2.75, 3.05) is 21.3 Å². The van der Waals surface area contributed by atoms with Crippen molar-refractivity contribution < 1.29 is 33.3 Å². The molecule has 0 aromatic heterocycles. The van der Waals surface area contributed by atoms with Crippen LogP contribution in [0.1, 0.15) is 22.8 Å². The van der Waals surface area contributed by atoms with Crippen molar-refractivity contribution in [1.29, 1.82) is 0 Å². The number of methoxy groups -OCH3 is 3. The minimum Gasteiger partial charge on any atom is -0.493 e. The van der Waals surface area contributed by atoms with Crippen molar-refractivity contribution in [2.45, 2.75) is 6.92 Å². The summed E-state index contributed by atoms with van der Waals surface area (Å²) in [7, 11) is 4.54. The normalized spacial score (nSPS) is 13.8. The molecule has 0 bridgehead atoms. The molecular weight excluding hydrogens is 352 g/mol. The zero-order valence-corrected chi connectivity index (χ0v) is 15.3. The van der Waals surface area contributed by atoms with Gasteiger partial charge >= 0.3 is 5.97 Å². The molecule has 1 heterocycles. The van der Waals surface area contributed by atoms with E-state index in [4.69, 9.17) is 23.7 Å². The zero-order chi connectivity index (χ0) is 19.6. The van der Waals surface area contributed by atoms with E-state index >= 15 is 0 Å². The predicted molar refractivity (Wildman–Crippen MR) is 96.8 cm³/mol. The molecule has 140 valence electrons. The fraction of sp³-hybridized carbons (Fsp3) is 0.200. The minimum atomic E-state index is -0.451. The molecular formula is C20H18O7. The number of hydrogen-bond donors (Lipinski definition) is 0. The first-order chi connectivity index (χ1) is 13.0. The maximum Gasteiger partial charge on any atom is 0.308 e. The molecule has 0 saturated heterocycles. The van der Waals surface area contributed by atoms with Gasteiger partial charge in [0.05, 0.1) is 26.9 Å². The monoisotopic (exact) mass is 370 g/mol. The first-order valence-electron chi connectivity index (χ1n) is 8.03. The highest BCUT2D eigenvalue weighted by Crippen LogP contribution is 2.40. The Morgan fingerprint density at radius 3 is 2.22 bits per heavy atom. The second-order valence-corrected chi connectivity index (χ2v) is 5.65. The van der Waals surface area contributed by atoms with E-state index in [1.807, 2.05) is 0 Å². The molecule has 0 aliphatic carbocycles. The van der Waals surface area contributed by atoms with Crippen LogP contribution in [0.4, 0.5) is 0 Å². The van der Waals surface area contributed by atoms with Crippen LogP contribution in [-0.4, -0.2) is 33.1 Å². The average Bonchev–Trinajstić information content (AvgIpc) is 2.95. The summed E-state index contributed by atoms with van der Waals surface area (Å²) in [5, 5.41) is 0. The van der Waals surface area contributed by atoms with Crippen LogP contribution < -0.4 is 23.7 Å². The standard InChI is InChI=1S/C20H18O7/c1-11(21)26-13-5-6-14-15(10-13)27-16(19(14)22)7-12-8-17(23-2)20(25-4)18(9-12)24-3/h5-10H,1-4H3. The van der Waals surface area contributed by atoms with Gasteiger partial charge in [-0.05, 0) is 35.9 Å². The summed E-state index contributed by atoms with van der Waals surface area (Å²) in [6, 6.07) is 8.02. The predicted octanol–water partition coefficient (Wildman–Crippen LogP) is 3.25. The number of hydrogen-bond acceptors (Lipinski definition) is 7. The Kier molecular flexibility index (Phi) is 5.03. The number of carbonyl (C=O) groups excluding carboxylic acids is 2. The number of rotatable bonds is 5. The van der Waals surface area contributed by atoms with Gasteiger partial charge in [0.25, 0.3) is 0 Å². The number of fused-ring (bicyclic) bond motifs is 1. The molecule has 0 atom stereocenters. The molecule has 0 amide bonds. The van der Waals surface area contributed by atoms with Gasteiger partial charge in [-0.2, -0.15) is 0 Å². The number of ketones is 1. The Hall–Kier alpha value is -3.48. The van der Waals surface area contributed by atoms with Gasteiger partial charge < -0.3 is 23.7 Å². The number of allylic oxidation sites excluding steroid dienone is 1. The van der Waals surface area contributed by atoms with E-state index in [9.17, 15) is 9.59 Å². The molecule has 0 N–H and O–H groups in total. The van der Waals surface area contributed by atoms with Crippen molar-refractivity contribution in [1.82, 2.24) is 0 Å². The summed E-state index contributed by atoms with van der Waals surface area (Å²) in [5.41, 5.74) is 1.03. The number of carbonyl (C=O) groups is 2. The minimum absolute atomic E-state index is 0.138. The highest BCUT2D eigenvalue weighted by Gasteiger charge is 2.28. The number of ether oxygens (including phenoxy) is 5. The summed E-state index contributed by atoms with van der Waals surface area (Å²) in [5.74, 6) is 1.43. The molecule has 2 aromatic carbocycles. The van der Waals surface area contributed by atoms with Gasteiger partial charge in [0.15, 0.2) is 17.3 Å². The molecule has 3 rings (SSSR count). The molecule has 0 spiro atoms. The molecule has 0 radical (unpaired) electrons. The van der Waals surface area contributed by atoms with E-state index in [1.165, 1.54) is 34.3 Å². The highest BCUT2D eigenvalue weighted by molar-refractivity contribution is 6.14. The smallest absolute Gasteiger partial charge is 0.308 e. The molecule has 0 unspecified atom stereocenters. The summed E-state index contributed by atoms with van der Waals surface area (Å²) in [4.78, 5) is 23.7. The summed E-state index contributed by atoms with van der Waals surface area (Å²) in [6.45, 7) is 1.30. The van der Waals surface area contributed by atoms with Crippen molar-refractivity contribution in [3.05, 3.63) is 47.2 Å². The lowest BCUT2D eigenvalue weighted by molar-refractivity contribution is -0.131. The molecule has 2 aromatic rings. The molecule has 7 heteroatoms. The average molecular weight is 370 g/mol. The zero-order valence-electron chi connectivity index (χ0n) is 15.3. The molecule has 0 fully saturated rings. The van der Waals surface area contributed by atoms with E-state index in [-0.39, 0.29) is 11.5 Å².